The Morgan fingerprint density at radius 2 is 1.83 bits per heavy atom. The standard InChI is InChI=1S/C21H15ClN2O3S2/c1-13(25)24(15-7-3-2-4-8-15)21-23-14(12-28-21)11-27-20(26)19-18(22)16-9-5-6-10-17(16)29-19/h2-10,12H,11H2,1H3. The predicted octanol–water partition coefficient (Wildman–Crippen LogP) is 6.05. The molecule has 4 aromatic rings. The van der Waals surface area contributed by atoms with E-state index in [9.17, 15) is 9.59 Å². The highest BCUT2D eigenvalue weighted by Crippen LogP contribution is 2.36. The zero-order valence-corrected chi connectivity index (χ0v) is 17.7. The molecule has 0 atom stereocenters. The van der Waals surface area contributed by atoms with Crippen molar-refractivity contribution in [2.45, 2.75) is 13.5 Å². The molecule has 0 aliphatic carbocycles. The third-order valence-corrected chi connectivity index (χ3v) is 6.66. The van der Waals surface area contributed by atoms with Gasteiger partial charge in [-0.15, -0.1) is 22.7 Å². The number of halogens is 1. The minimum Gasteiger partial charge on any atom is -0.455 e. The van der Waals surface area contributed by atoms with Crippen molar-refractivity contribution >= 4 is 67.1 Å². The first-order chi connectivity index (χ1) is 14.0. The van der Waals surface area contributed by atoms with Gasteiger partial charge in [0.2, 0.25) is 5.91 Å². The maximum atomic E-state index is 12.5. The zero-order chi connectivity index (χ0) is 20.4. The molecule has 2 heterocycles. The second kappa shape index (κ2) is 8.32. The lowest BCUT2D eigenvalue weighted by Crippen LogP contribution is -2.22. The normalized spacial score (nSPS) is 10.8. The van der Waals surface area contributed by atoms with E-state index in [-0.39, 0.29) is 12.5 Å². The molecule has 0 radical (unpaired) electrons. The number of esters is 1. The lowest BCUT2D eigenvalue weighted by Gasteiger charge is -2.17. The van der Waals surface area contributed by atoms with Crippen LogP contribution in [0.25, 0.3) is 10.1 Å². The van der Waals surface area contributed by atoms with E-state index in [4.69, 9.17) is 16.3 Å². The molecule has 4 rings (SSSR count). The van der Waals surface area contributed by atoms with Gasteiger partial charge < -0.3 is 4.74 Å². The van der Waals surface area contributed by atoms with Crippen LogP contribution in [0.4, 0.5) is 10.8 Å². The van der Waals surface area contributed by atoms with Crippen LogP contribution in [0.1, 0.15) is 22.3 Å². The molecule has 0 fully saturated rings. The van der Waals surface area contributed by atoms with Gasteiger partial charge in [0.15, 0.2) is 5.13 Å². The van der Waals surface area contributed by atoms with Crippen molar-refractivity contribution in [1.82, 2.24) is 4.98 Å². The van der Waals surface area contributed by atoms with Crippen LogP contribution in [-0.4, -0.2) is 16.9 Å². The predicted molar refractivity (Wildman–Crippen MR) is 117 cm³/mol. The number of thiophene rings is 1. The van der Waals surface area contributed by atoms with E-state index in [1.165, 1.54) is 34.5 Å². The Hall–Kier alpha value is -2.74. The lowest BCUT2D eigenvalue weighted by molar-refractivity contribution is -0.115. The van der Waals surface area contributed by atoms with Crippen LogP contribution in [0, 0.1) is 0 Å². The van der Waals surface area contributed by atoms with Crippen LogP contribution in [0.15, 0.2) is 60.0 Å². The fourth-order valence-corrected chi connectivity index (χ4v) is 5.09. The third-order valence-electron chi connectivity index (χ3n) is 4.13. The van der Waals surface area contributed by atoms with Crippen LogP contribution in [0.5, 0.6) is 0 Å². The SMILES string of the molecule is CC(=O)N(c1ccccc1)c1nc(COC(=O)c2sc3ccccc3c2Cl)cs1. The van der Waals surface area contributed by atoms with Gasteiger partial charge in [0, 0.05) is 22.4 Å². The van der Waals surface area contributed by atoms with Crippen molar-refractivity contribution in [2.75, 3.05) is 4.90 Å². The van der Waals surface area contributed by atoms with Crippen LogP contribution < -0.4 is 4.90 Å². The van der Waals surface area contributed by atoms with E-state index in [1.54, 1.807) is 5.38 Å². The topological polar surface area (TPSA) is 59.5 Å². The number of hydrogen-bond donors (Lipinski definition) is 0. The van der Waals surface area contributed by atoms with Crippen molar-refractivity contribution in [3.8, 4) is 0 Å². The molecule has 2 aromatic heterocycles. The van der Waals surface area contributed by atoms with Crippen LogP contribution >= 0.6 is 34.3 Å². The van der Waals surface area contributed by atoms with Gasteiger partial charge in [-0.25, -0.2) is 9.78 Å². The molecular weight excluding hydrogens is 428 g/mol. The highest BCUT2D eigenvalue weighted by Gasteiger charge is 2.20. The maximum absolute atomic E-state index is 12.5. The molecule has 0 bridgehead atoms. The summed E-state index contributed by atoms with van der Waals surface area (Å²) in [6.45, 7) is 1.48. The first-order valence-corrected chi connectivity index (χ1v) is 10.8. The number of aromatic nitrogens is 1. The minimum absolute atomic E-state index is 0.000438. The molecule has 29 heavy (non-hydrogen) atoms. The molecule has 5 nitrogen and oxygen atoms in total. The van der Waals surface area contributed by atoms with Crippen molar-refractivity contribution in [3.63, 3.8) is 0 Å². The van der Waals surface area contributed by atoms with Crippen molar-refractivity contribution in [2.24, 2.45) is 0 Å². The minimum atomic E-state index is -0.489. The molecule has 146 valence electrons. The second-order valence-corrected chi connectivity index (χ2v) is 8.40. The van der Waals surface area contributed by atoms with Gasteiger partial charge in [-0.2, -0.15) is 0 Å². The Morgan fingerprint density at radius 1 is 1.10 bits per heavy atom. The van der Waals surface area contributed by atoms with Gasteiger partial charge in [0.25, 0.3) is 0 Å². The summed E-state index contributed by atoms with van der Waals surface area (Å²) >= 11 is 8.95. The van der Waals surface area contributed by atoms with Gasteiger partial charge in [0.05, 0.1) is 16.4 Å². The van der Waals surface area contributed by atoms with E-state index >= 15 is 0 Å². The Labute approximate surface area is 180 Å². The molecule has 8 heteroatoms. The number of anilines is 2. The van der Waals surface area contributed by atoms with Gasteiger partial charge in [-0.05, 0) is 18.2 Å². The third kappa shape index (κ3) is 4.03. The van der Waals surface area contributed by atoms with E-state index in [0.29, 0.717) is 20.7 Å². The first-order valence-electron chi connectivity index (χ1n) is 8.69. The van der Waals surface area contributed by atoms with Crippen molar-refractivity contribution in [1.29, 1.82) is 0 Å². The summed E-state index contributed by atoms with van der Waals surface area (Å²) < 4.78 is 6.34. The largest absolute Gasteiger partial charge is 0.455 e. The van der Waals surface area contributed by atoms with E-state index < -0.39 is 5.97 Å². The maximum Gasteiger partial charge on any atom is 0.350 e. The van der Waals surface area contributed by atoms with Gasteiger partial charge in [-0.3, -0.25) is 9.69 Å². The molecule has 0 saturated carbocycles. The number of para-hydroxylation sites is 1. The smallest absolute Gasteiger partial charge is 0.350 e. The molecule has 0 saturated heterocycles. The number of nitrogens with zero attached hydrogens (tertiary/aromatic N) is 2. The zero-order valence-electron chi connectivity index (χ0n) is 15.3. The van der Waals surface area contributed by atoms with Gasteiger partial charge in [-0.1, -0.05) is 48.0 Å². The van der Waals surface area contributed by atoms with E-state index in [0.717, 1.165) is 15.8 Å². The monoisotopic (exact) mass is 442 g/mol. The summed E-state index contributed by atoms with van der Waals surface area (Å²) in [5, 5.41) is 3.53. The summed E-state index contributed by atoms with van der Waals surface area (Å²) in [7, 11) is 0. The van der Waals surface area contributed by atoms with Crippen molar-refractivity contribution in [3.05, 3.63) is 75.6 Å². The molecular formula is C21H15ClN2O3S2. The number of hydrogen-bond acceptors (Lipinski definition) is 6. The van der Waals surface area contributed by atoms with Gasteiger partial charge >= 0.3 is 5.97 Å². The Morgan fingerprint density at radius 3 is 2.55 bits per heavy atom. The number of carbonyl (C=O) groups is 2. The van der Waals surface area contributed by atoms with Crippen LogP contribution in [0.3, 0.4) is 0 Å². The number of thiazole rings is 1. The van der Waals surface area contributed by atoms with Crippen LogP contribution in [-0.2, 0) is 16.1 Å². The Bertz CT molecular complexity index is 1190. The highest BCUT2D eigenvalue weighted by molar-refractivity contribution is 7.21. The number of fused-ring (bicyclic) bond motifs is 1. The number of amides is 1. The molecule has 0 N–H and O–H groups in total. The van der Waals surface area contributed by atoms with Gasteiger partial charge in [0.1, 0.15) is 11.5 Å². The fraction of sp³-hybridized carbons (Fsp3) is 0.0952. The summed E-state index contributed by atoms with van der Waals surface area (Å²) in [6.07, 6.45) is 0. The molecule has 2 aromatic carbocycles. The first kappa shape index (κ1) is 19.6. The fourth-order valence-electron chi connectivity index (χ4n) is 2.82. The summed E-state index contributed by atoms with van der Waals surface area (Å²) in [6, 6.07) is 16.8. The molecule has 0 aliphatic heterocycles. The lowest BCUT2D eigenvalue weighted by atomic mass is 10.2. The summed E-state index contributed by atoms with van der Waals surface area (Å²) in [5.41, 5.74) is 1.30. The Balaban J connectivity index is 1.49. The number of rotatable bonds is 5. The molecule has 0 unspecified atom stereocenters. The average Bonchev–Trinajstić information content (AvgIpc) is 3.32. The Kier molecular flexibility index (Phi) is 5.62. The summed E-state index contributed by atoms with van der Waals surface area (Å²) in [4.78, 5) is 31.0. The van der Waals surface area contributed by atoms with Crippen LogP contribution in [0.2, 0.25) is 5.02 Å². The molecule has 1 amide bonds. The van der Waals surface area contributed by atoms with E-state index in [2.05, 4.69) is 4.98 Å². The summed E-state index contributed by atoms with van der Waals surface area (Å²) in [5.74, 6) is -0.636. The number of benzene rings is 2. The second-order valence-electron chi connectivity index (χ2n) is 6.13. The number of carbonyl (C=O) groups excluding carboxylic acids is 2. The molecule has 0 aliphatic rings. The molecule has 0 spiro atoms. The van der Waals surface area contributed by atoms with Crippen molar-refractivity contribution < 1.29 is 14.3 Å². The van der Waals surface area contributed by atoms with E-state index in [1.807, 2.05) is 54.6 Å². The quantitative estimate of drug-likeness (QED) is 0.353. The highest BCUT2D eigenvalue weighted by atomic mass is 35.5. The average molecular weight is 443 g/mol. The number of ether oxygens (including phenoxy) is 1.